The zero-order chi connectivity index (χ0) is 26.2. The third-order valence-corrected chi connectivity index (χ3v) is 6.24. The second-order valence-electron chi connectivity index (χ2n) is 8.87. The predicted octanol–water partition coefficient (Wildman–Crippen LogP) is 10.7. The Kier molecular flexibility index (Phi) is 7.81. The van der Waals surface area contributed by atoms with E-state index in [0.717, 1.165) is 45.3 Å². The first-order valence-corrected chi connectivity index (χ1v) is 12.8. The van der Waals surface area contributed by atoms with E-state index in [1.54, 1.807) is 0 Å². The van der Waals surface area contributed by atoms with E-state index in [1.807, 2.05) is 86.7 Å². The standard InChI is InChI=1S/C36H30O2/c1-3-11-29-13-5-9-17-35(29)37-31-23-19-27(20-24-31)33-15-7-8-16-34(33)28-21-25-32(26-22-28)38-36-18-10-6-14-30(36)12-4-2/h3-26H,1-2H3. The van der Waals surface area contributed by atoms with Crippen molar-refractivity contribution in [2.24, 2.45) is 0 Å². The second kappa shape index (κ2) is 11.9. The van der Waals surface area contributed by atoms with E-state index >= 15 is 0 Å². The molecule has 5 rings (SSSR count). The van der Waals surface area contributed by atoms with Crippen molar-refractivity contribution in [3.63, 3.8) is 0 Å². The summed E-state index contributed by atoms with van der Waals surface area (Å²) in [5.41, 5.74) is 6.72. The lowest BCUT2D eigenvalue weighted by molar-refractivity contribution is 0.481. The van der Waals surface area contributed by atoms with Crippen LogP contribution in [0.25, 0.3) is 34.4 Å². The van der Waals surface area contributed by atoms with Gasteiger partial charge >= 0.3 is 0 Å². The molecule has 0 aliphatic rings. The van der Waals surface area contributed by atoms with Crippen LogP contribution in [-0.2, 0) is 0 Å². The lowest BCUT2D eigenvalue weighted by Crippen LogP contribution is -1.89. The Morgan fingerprint density at radius 1 is 0.421 bits per heavy atom. The van der Waals surface area contributed by atoms with Crippen LogP contribution in [0.5, 0.6) is 23.0 Å². The lowest BCUT2D eigenvalue weighted by atomic mass is 9.94. The molecule has 0 aromatic heterocycles. The molecule has 0 radical (unpaired) electrons. The van der Waals surface area contributed by atoms with Crippen molar-refractivity contribution in [1.82, 2.24) is 0 Å². The van der Waals surface area contributed by atoms with Gasteiger partial charge in [-0.1, -0.05) is 109 Å². The molecule has 5 aromatic carbocycles. The molecule has 0 saturated carbocycles. The van der Waals surface area contributed by atoms with Crippen LogP contribution < -0.4 is 9.47 Å². The van der Waals surface area contributed by atoms with Crippen molar-refractivity contribution in [3.8, 4) is 45.3 Å². The smallest absolute Gasteiger partial charge is 0.134 e. The summed E-state index contributed by atoms with van der Waals surface area (Å²) in [4.78, 5) is 0. The molecule has 186 valence electrons. The number of para-hydroxylation sites is 2. The molecule has 2 heteroatoms. The normalized spacial score (nSPS) is 11.2. The fraction of sp³-hybridized carbons (Fsp3) is 0.0556. The van der Waals surface area contributed by atoms with Crippen molar-refractivity contribution in [2.45, 2.75) is 13.8 Å². The lowest BCUT2D eigenvalue weighted by Gasteiger charge is -2.13. The molecule has 0 aliphatic carbocycles. The van der Waals surface area contributed by atoms with Crippen molar-refractivity contribution in [2.75, 3.05) is 0 Å². The molecule has 0 bridgehead atoms. The first-order chi connectivity index (χ1) is 18.7. The first kappa shape index (κ1) is 24.9. The summed E-state index contributed by atoms with van der Waals surface area (Å²) in [5, 5.41) is 0. The van der Waals surface area contributed by atoms with Crippen molar-refractivity contribution >= 4 is 12.2 Å². The van der Waals surface area contributed by atoms with Crippen molar-refractivity contribution in [3.05, 3.63) is 145 Å². The highest BCUT2D eigenvalue weighted by Crippen LogP contribution is 2.35. The predicted molar refractivity (Wildman–Crippen MR) is 160 cm³/mol. The number of ether oxygens (including phenoxy) is 2. The summed E-state index contributed by atoms with van der Waals surface area (Å²) < 4.78 is 12.4. The Balaban J connectivity index is 1.37. The Morgan fingerprint density at radius 2 is 0.789 bits per heavy atom. The van der Waals surface area contributed by atoms with Crippen LogP contribution in [0.4, 0.5) is 0 Å². The van der Waals surface area contributed by atoms with Crippen LogP contribution in [0.15, 0.2) is 133 Å². The molecule has 0 spiro atoms. The Morgan fingerprint density at radius 3 is 1.18 bits per heavy atom. The molecule has 0 aliphatic heterocycles. The van der Waals surface area contributed by atoms with Gasteiger partial charge in [0.05, 0.1) is 0 Å². The van der Waals surface area contributed by atoms with Gasteiger partial charge in [0.15, 0.2) is 0 Å². The molecule has 0 saturated heterocycles. The number of benzene rings is 5. The highest BCUT2D eigenvalue weighted by Gasteiger charge is 2.09. The summed E-state index contributed by atoms with van der Waals surface area (Å²) in [5.74, 6) is 3.30. The molecular formula is C36H30O2. The summed E-state index contributed by atoms with van der Waals surface area (Å²) in [6.45, 7) is 4.02. The minimum absolute atomic E-state index is 0.808. The highest BCUT2D eigenvalue weighted by molar-refractivity contribution is 5.83. The Hall–Kier alpha value is -4.82. The number of hydrogen-bond donors (Lipinski definition) is 0. The molecule has 2 nitrogen and oxygen atoms in total. The van der Waals surface area contributed by atoms with Gasteiger partial charge in [-0.2, -0.15) is 0 Å². The molecule has 0 amide bonds. The summed E-state index contributed by atoms with van der Waals surface area (Å²) in [6.07, 6.45) is 8.14. The van der Waals surface area contributed by atoms with E-state index < -0.39 is 0 Å². The summed E-state index contributed by atoms with van der Waals surface area (Å²) in [6, 6.07) is 41.1. The SMILES string of the molecule is CC=Cc1ccccc1Oc1ccc(-c2ccccc2-c2ccc(Oc3ccccc3C=CC)cc2)cc1. The highest BCUT2D eigenvalue weighted by atomic mass is 16.5. The van der Waals surface area contributed by atoms with Gasteiger partial charge in [-0.15, -0.1) is 0 Å². The van der Waals surface area contributed by atoms with Gasteiger partial charge in [0.2, 0.25) is 0 Å². The van der Waals surface area contributed by atoms with Gasteiger partial charge in [-0.05, 0) is 72.5 Å². The van der Waals surface area contributed by atoms with Gasteiger partial charge < -0.3 is 9.47 Å². The Bertz CT molecular complexity index is 1440. The zero-order valence-corrected chi connectivity index (χ0v) is 21.7. The topological polar surface area (TPSA) is 18.5 Å². The maximum Gasteiger partial charge on any atom is 0.134 e. The monoisotopic (exact) mass is 494 g/mol. The van der Waals surface area contributed by atoms with Crippen LogP contribution in [0.3, 0.4) is 0 Å². The van der Waals surface area contributed by atoms with Crippen LogP contribution in [-0.4, -0.2) is 0 Å². The minimum atomic E-state index is 0.808. The molecule has 38 heavy (non-hydrogen) atoms. The first-order valence-electron chi connectivity index (χ1n) is 12.8. The van der Waals surface area contributed by atoms with Crippen molar-refractivity contribution in [1.29, 1.82) is 0 Å². The third kappa shape index (κ3) is 5.77. The fourth-order valence-electron chi connectivity index (χ4n) is 4.43. The minimum Gasteiger partial charge on any atom is -0.457 e. The van der Waals surface area contributed by atoms with Gasteiger partial charge in [-0.3, -0.25) is 0 Å². The molecule has 0 atom stereocenters. The van der Waals surface area contributed by atoms with Crippen LogP contribution in [0, 0.1) is 0 Å². The van der Waals surface area contributed by atoms with E-state index in [9.17, 15) is 0 Å². The van der Waals surface area contributed by atoms with E-state index in [4.69, 9.17) is 9.47 Å². The zero-order valence-electron chi connectivity index (χ0n) is 21.7. The van der Waals surface area contributed by atoms with Crippen molar-refractivity contribution < 1.29 is 9.47 Å². The molecule has 0 unspecified atom stereocenters. The number of hydrogen-bond acceptors (Lipinski definition) is 2. The van der Waals surface area contributed by atoms with E-state index in [-0.39, 0.29) is 0 Å². The van der Waals surface area contributed by atoms with Gasteiger partial charge in [-0.25, -0.2) is 0 Å². The largest absolute Gasteiger partial charge is 0.457 e. The summed E-state index contributed by atoms with van der Waals surface area (Å²) >= 11 is 0. The Labute approximate surface area is 225 Å². The van der Waals surface area contributed by atoms with E-state index in [2.05, 4.69) is 72.8 Å². The second-order valence-corrected chi connectivity index (χ2v) is 8.87. The van der Waals surface area contributed by atoms with Crippen LogP contribution >= 0.6 is 0 Å². The quantitative estimate of drug-likeness (QED) is 0.214. The maximum absolute atomic E-state index is 6.18. The number of allylic oxidation sites excluding steroid dienone is 2. The third-order valence-electron chi connectivity index (χ3n) is 6.24. The average molecular weight is 495 g/mol. The van der Waals surface area contributed by atoms with E-state index in [1.165, 1.54) is 11.1 Å². The number of rotatable bonds is 8. The molecular weight excluding hydrogens is 464 g/mol. The van der Waals surface area contributed by atoms with Gasteiger partial charge in [0.25, 0.3) is 0 Å². The molecule has 5 aromatic rings. The van der Waals surface area contributed by atoms with Gasteiger partial charge in [0, 0.05) is 11.1 Å². The summed E-state index contributed by atoms with van der Waals surface area (Å²) in [7, 11) is 0. The molecule has 0 heterocycles. The average Bonchev–Trinajstić information content (AvgIpc) is 2.96. The maximum atomic E-state index is 6.18. The molecule has 0 N–H and O–H groups in total. The van der Waals surface area contributed by atoms with E-state index in [0.29, 0.717) is 0 Å². The van der Waals surface area contributed by atoms with Crippen LogP contribution in [0.1, 0.15) is 25.0 Å². The molecule has 0 fully saturated rings. The van der Waals surface area contributed by atoms with Gasteiger partial charge in [0.1, 0.15) is 23.0 Å². The van der Waals surface area contributed by atoms with Crippen LogP contribution in [0.2, 0.25) is 0 Å². The fourth-order valence-corrected chi connectivity index (χ4v) is 4.43.